The Hall–Kier alpha value is -3.39. The van der Waals surface area contributed by atoms with Crippen molar-refractivity contribution in [1.29, 1.82) is 0 Å². The highest BCUT2D eigenvalue weighted by molar-refractivity contribution is 7.98. The molecule has 0 bridgehead atoms. The van der Waals surface area contributed by atoms with E-state index in [9.17, 15) is 9.59 Å². The molecule has 1 atom stereocenters. The molecule has 0 aliphatic heterocycles. The van der Waals surface area contributed by atoms with Gasteiger partial charge in [0.1, 0.15) is 11.4 Å². The van der Waals surface area contributed by atoms with Crippen LogP contribution in [0.2, 0.25) is 0 Å². The Bertz CT molecular complexity index is 1310. The summed E-state index contributed by atoms with van der Waals surface area (Å²) < 4.78 is 1.89. The zero-order valence-electron chi connectivity index (χ0n) is 18.3. The van der Waals surface area contributed by atoms with E-state index >= 15 is 0 Å². The minimum Gasteiger partial charge on any atom is -0.342 e. The number of hydrogen-bond donors (Lipinski definition) is 2. The van der Waals surface area contributed by atoms with Gasteiger partial charge in [0.25, 0.3) is 11.5 Å². The van der Waals surface area contributed by atoms with Crippen LogP contribution in [0.4, 0.5) is 0 Å². The third kappa shape index (κ3) is 4.60. The van der Waals surface area contributed by atoms with E-state index in [-0.39, 0.29) is 11.5 Å². The third-order valence-electron chi connectivity index (χ3n) is 5.37. The monoisotopic (exact) mass is 447 g/mol. The predicted octanol–water partition coefficient (Wildman–Crippen LogP) is 3.86. The summed E-state index contributed by atoms with van der Waals surface area (Å²) in [6, 6.07) is 14.5. The molecule has 164 valence electrons. The SMILES string of the molecule is CSCC[C@H](NC(=O)c1cc2cc(C)ccc2n1C)c1cc(=O)[nH]c(-c2ccccn2)n1. The van der Waals surface area contributed by atoms with Crippen LogP contribution in [-0.4, -0.2) is 37.4 Å². The second-order valence-corrected chi connectivity index (χ2v) is 8.68. The number of H-pyrrole nitrogens is 1. The largest absolute Gasteiger partial charge is 0.342 e. The number of nitrogens with zero attached hydrogens (tertiary/aromatic N) is 3. The zero-order chi connectivity index (χ0) is 22.7. The number of amides is 1. The number of carbonyl (C=O) groups is 1. The maximum atomic E-state index is 13.2. The van der Waals surface area contributed by atoms with Crippen molar-refractivity contribution in [2.24, 2.45) is 7.05 Å². The molecule has 4 aromatic rings. The molecule has 0 radical (unpaired) electrons. The molecule has 0 spiro atoms. The first kappa shape index (κ1) is 21.8. The van der Waals surface area contributed by atoms with Gasteiger partial charge in [-0.3, -0.25) is 14.6 Å². The van der Waals surface area contributed by atoms with E-state index in [0.29, 0.717) is 29.3 Å². The molecule has 8 heteroatoms. The molecular weight excluding hydrogens is 422 g/mol. The van der Waals surface area contributed by atoms with Crippen molar-refractivity contribution in [2.45, 2.75) is 19.4 Å². The van der Waals surface area contributed by atoms with Gasteiger partial charge < -0.3 is 14.9 Å². The van der Waals surface area contributed by atoms with Gasteiger partial charge in [-0.05, 0) is 55.7 Å². The van der Waals surface area contributed by atoms with Gasteiger partial charge >= 0.3 is 0 Å². The highest BCUT2D eigenvalue weighted by atomic mass is 32.2. The van der Waals surface area contributed by atoms with Gasteiger partial charge in [0.15, 0.2) is 5.82 Å². The fourth-order valence-electron chi connectivity index (χ4n) is 3.73. The minimum atomic E-state index is -0.403. The van der Waals surface area contributed by atoms with E-state index in [0.717, 1.165) is 22.2 Å². The van der Waals surface area contributed by atoms with Crippen LogP contribution in [0.5, 0.6) is 0 Å². The molecule has 0 saturated heterocycles. The Labute approximate surface area is 190 Å². The first-order valence-corrected chi connectivity index (χ1v) is 11.7. The molecule has 0 fully saturated rings. The molecule has 0 aliphatic rings. The van der Waals surface area contributed by atoms with Crippen LogP contribution in [0, 0.1) is 6.92 Å². The molecule has 3 aromatic heterocycles. The molecule has 3 heterocycles. The lowest BCUT2D eigenvalue weighted by molar-refractivity contribution is 0.0927. The average molecular weight is 448 g/mol. The topological polar surface area (TPSA) is 92.7 Å². The van der Waals surface area contributed by atoms with E-state index in [4.69, 9.17) is 0 Å². The van der Waals surface area contributed by atoms with Gasteiger partial charge in [0.2, 0.25) is 0 Å². The number of aromatic amines is 1. The molecule has 1 amide bonds. The lowest BCUT2D eigenvalue weighted by Crippen LogP contribution is -2.32. The van der Waals surface area contributed by atoms with Crippen LogP contribution in [0.25, 0.3) is 22.4 Å². The number of benzene rings is 1. The third-order valence-corrected chi connectivity index (χ3v) is 6.02. The summed E-state index contributed by atoms with van der Waals surface area (Å²) in [6.45, 7) is 2.03. The van der Waals surface area contributed by atoms with Crippen LogP contribution in [0.3, 0.4) is 0 Å². The van der Waals surface area contributed by atoms with Crippen LogP contribution in [-0.2, 0) is 7.05 Å². The van der Waals surface area contributed by atoms with Gasteiger partial charge in [-0.1, -0.05) is 17.7 Å². The van der Waals surface area contributed by atoms with Crippen molar-refractivity contribution >= 4 is 28.6 Å². The van der Waals surface area contributed by atoms with E-state index in [1.165, 1.54) is 6.07 Å². The molecule has 1 aromatic carbocycles. The number of thioether (sulfide) groups is 1. The average Bonchev–Trinajstić information content (AvgIpc) is 3.12. The van der Waals surface area contributed by atoms with Crippen LogP contribution < -0.4 is 10.9 Å². The van der Waals surface area contributed by atoms with Crippen molar-refractivity contribution < 1.29 is 4.79 Å². The molecule has 32 heavy (non-hydrogen) atoms. The van der Waals surface area contributed by atoms with Crippen LogP contribution >= 0.6 is 11.8 Å². The highest BCUT2D eigenvalue weighted by Crippen LogP contribution is 2.23. The van der Waals surface area contributed by atoms with Gasteiger partial charge in [-0.15, -0.1) is 0 Å². The van der Waals surface area contributed by atoms with Gasteiger partial charge in [-0.2, -0.15) is 11.8 Å². The summed E-state index contributed by atoms with van der Waals surface area (Å²) in [4.78, 5) is 37.3. The van der Waals surface area contributed by atoms with Crippen molar-refractivity contribution in [1.82, 2.24) is 24.8 Å². The number of fused-ring (bicyclic) bond motifs is 1. The number of pyridine rings is 1. The van der Waals surface area contributed by atoms with Gasteiger partial charge in [0.05, 0.1) is 11.7 Å². The summed E-state index contributed by atoms with van der Waals surface area (Å²) in [7, 11) is 1.88. The molecule has 0 aliphatic carbocycles. The van der Waals surface area contributed by atoms with E-state index in [1.54, 1.807) is 30.1 Å². The summed E-state index contributed by atoms with van der Waals surface area (Å²) in [6.07, 6.45) is 4.31. The minimum absolute atomic E-state index is 0.200. The Morgan fingerprint density at radius 3 is 2.81 bits per heavy atom. The van der Waals surface area contributed by atoms with Gasteiger partial charge in [-0.25, -0.2) is 4.98 Å². The Morgan fingerprint density at radius 1 is 1.22 bits per heavy atom. The fraction of sp³-hybridized carbons (Fsp3) is 0.250. The first-order chi connectivity index (χ1) is 15.5. The quantitative estimate of drug-likeness (QED) is 0.449. The smallest absolute Gasteiger partial charge is 0.268 e. The zero-order valence-corrected chi connectivity index (χ0v) is 19.1. The van der Waals surface area contributed by atoms with Gasteiger partial charge in [0, 0.05) is 30.2 Å². The van der Waals surface area contributed by atoms with E-state index in [2.05, 4.69) is 26.3 Å². The molecular formula is C24H25N5O2S. The molecule has 0 saturated carbocycles. The number of nitrogens with one attached hydrogen (secondary N) is 2. The summed E-state index contributed by atoms with van der Waals surface area (Å²) >= 11 is 1.68. The molecule has 0 unspecified atom stereocenters. The Balaban J connectivity index is 1.68. The maximum Gasteiger partial charge on any atom is 0.268 e. The van der Waals surface area contributed by atoms with Crippen molar-refractivity contribution in [3.05, 3.63) is 82.0 Å². The second-order valence-electron chi connectivity index (χ2n) is 7.69. The lowest BCUT2D eigenvalue weighted by atomic mass is 10.1. The number of aromatic nitrogens is 4. The number of rotatable bonds is 7. The van der Waals surface area contributed by atoms with E-state index < -0.39 is 6.04 Å². The van der Waals surface area contributed by atoms with Crippen LogP contribution in [0.1, 0.15) is 34.2 Å². The normalized spacial score (nSPS) is 12.1. The predicted molar refractivity (Wildman–Crippen MR) is 129 cm³/mol. The van der Waals surface area contributed by atoms with Crippen LogP contribution in [0.15, 0.2) is 59.5 Å². The molecule has 2 N–H and O–H groups in total. The Kier molecular flexibility index (Phi) is 6.41. The maximum absolute atomic E-state index is 13.2. The summed E-state index contributed by atoms with van der Waals surface area (Å²) in [5.74, 6) is 0.998. The van der Waals surface area contributed by atoms with Crippen molar-refractivity contribution in [2.75, 3.05) is 12.0 Å². The molecule has 7 nitrogen and oxygen atoms in total. The Morgan fingerprint density at radius 2 is 2.06 bits per heavy atom. The first-order valence-electron chi connectivity index (χ1n) is 10.3. The van der Waals surface area contributed by atoms with Crippen molar-refractivity contribution in [3.8, 4) is 11.5 Å². The van der Waals surface area contributed by atoms with Crippen molar-refractivity contribution in [3.63, 3.8) is 0 Å². The molecule has 4 rings (SSSR count). The van der Waals surface area contributed by atoms with E-state index in [1.807, 2.05) is 49.1 Å². The highest BCUT2D eigenvalue weighted by Gasteiger charge is 2.21. The number of hydrogen-bond acceptors (Lipinski definition) is 5. The number of aryl methyl sites for hydroxylation is 2. The second kappa shape index (κ2) is 9.40. The standard InChI is InChI=1S/C24H25N5O2S/c1-15-7-8-20-16(12-15)13-21(29(20)2)24(31)27-17(9-11-32-3)19-14-22(30)28-23(26-19)18-6-4-5-10-25-18/h4-8,10,12-14,17H,9,11H2,1-3H3,(H,27,31)(H,26,28,30)/t17-/m0/s1. The lowest BCUT2D eigenvalue weighted by Gasteiger charge is -2.18. The number of carbonyl (C=O) groups excluding carboxylic acids is 1. The fourth-order valence-corrected chi connectivity index (χ4v) is 4.20. The summed E-state index contributed by atoms with van der Waals surface area (Å²) in [5, 5.41) is 4.12. The summed E-state index contributed by atoms with van der Waals surface area (Å²) in [5.41, 5.74) is 3.52.